The predicted octanol–water partition coefficient (Wildman–Crippen LogP) is 2.57. The number of ether oxygens (including phenoxy) is 1. The minimum absolute atomic E-state index is 0.166. The van der Waals surface area contributed by atoms with Gasteiger partial charge in [-0.25, -0.2) is 0 Å². The fourth-order valence-corrected chi connectivity index (χ4v) is 3.24. The highest BCUT2D eigenvalue weighted by Crippen LogP contribution is 2.40. The van der Waals surface area contributed by atoms with Gasteiger partial charge in [-0.1, -0.05) is 26.0 Å². The van der Waals surface area contributed by atoms with Crippen LogP contribution in [0.25, 0.3) is 10.9 Å². The number of aromatic nitrogens is 1. The molecule has 0 saturated carbocycles. The minimum Gasteiger partial charge on any atom is -0.495 e. The molecule has 1 aliphatic rings. The summed E-state index contributed by atoms with van der Waals surface area (Å²) in [6, 6.07) is 6.33. The smallest absolute Gasteiger partial charge is 0.143 e. The van der Waals surface area contributed by atoms with Crippen LogP contribution in [-0.4, -0.2) is 18.2 Å². The zero-order chi connectivity index (χ0) is 12.9. The molecule has 0 saturated heterocycles. The van der Waals surface area contributed by atoms with Crippen molar-refractivity contribution < 1.29 is 4.74 Å². The highest BCUT2D eigenvalue weighted by Gasteiger charge is 2.32. The van der Waals surface area contributed by atoms with E-state index >= 15 is 0 Å². The first kappa shape index (κ1) is 11.6. The molecule has 0 fully saturated rings. The Balaban J connectivity index is 2.43. The molecule has 3 rings (SSSR count). The van der Waals surface area contributed by atoms with Gasteiger partial charge in [-0.2, -0.15) is 0 Å². The van der Waals surface area contributed by atoms with Crippen LogP contribution in [0.15, 0.2) is 18.2 Å². The molecule has 1 aliphatic heterocycles. The average molecular weight is 244 g/mol. The van der Waals surface area contributed by atoms with Crippen LogP contribution in [0.1, 0.15) is 25.1 Å². The quantitative estimate of drug-likeness (QED) is 0.834. The molecule has 0 aliphatic carbocycles. The topological polar surface area (TPSA) is 26.2 Å². The third-order valence-corrected chi connectivity index (χ3v) is 4.05. The first-order valence-corrected chi connectivity index (χ1v) is 6.42. The summed E-state index contributed by atoms with van der Waals surface area (Å²) in [5.74, 6) is 0.959. The fraction of sp³-hybridized carbons (Fsp3) is 0.467. The first-order chi connectivity index (χ1) is 8.56. The number of nitrogens with zero attached hydrogens (tertiary/aromatic N) is 1. The van der Waals surface area contributed by atoms with Crippen molar-refractivity contribution in [2.45, 2.75) is 25.8 Å². The normalized spacial score (nSPS) is 17.8. The maximum absolute atomic E-state index is 5.51. The van der Waals surface area contributed by atoms with Crippen molar-refractivity contribution in [3.8, 4) is 5.75 Å². The van der Waals surface area contributed by atoms with E-state index in [1.54, 1.807) is 7.11 Å². The van der Waals surface area contributed by atoms with Gasteiger partial charge in [0.2, 0.25) is 0 Å². The van der Waals surface area contributed by atoms with Gasteiger partial charge in [0.05, 0.1) is 12.6 Å². The second-order valence-corrected chi connectivity index (χ2v) is 5.72. The Labute approximate surface area is 108 Å². The Hall–Kier alpha value is -1.48. The van der Waals surface area contributed by atoms with Crippen molar-refractivity contribution in [2.75, 3.05) is 13.7 Å². The molecule has 3 nitrogen and oxygen atoms in total. The Morgan fingerprint density at radius 3 is 2.83 bits per heavy atom. The number of aryl methyl sites for hydroxylation is 1. The van der Waals surface area contributed by atoms with Crippen LogP contribution in [0, 0.1) is 0 Å². The SMILES string of the molecule is COc1cccc2c3c(n(C)c12)CNCC3(C)C. The van der Waals surface area contributed by atoms with E-state index in [2.05, 4.69) is 42.9 Å². The molecule has 2 heterocycles. The summed E-state index contributed by atoms with van der Waals surface area (Å²) in [5.41, 5.74) is 4.23. The highest BCUT2D eigenvalue weighted by atomic mass is 16.5. The molecule has 1 aromatic heterocycles. The maximum atomic E-state index is 5.51. The number of methoxy groups -OCH3 is 1. The second-order valence-electron chi connectivity index (χ2n) is 5.72. The molecular weight excluding hydrogens is 224 g/mol. The third kappa shape index (κ3) is 1.40. The van der Waals surface area contributed by atoms with E-state index in [-0.39, 0.29) is 5.41 Å². The predicted molar refractivity (Wildman–Crippen MR) is 74.2 cm³/mol. The third-order valence-electron chi connectivity index (χ3n) is 4.05. The van der Waals surface area contributed by atoms with Crippen LogP contribution in [0.3, 0.4) is 0 Å². The number of para-hydroxylation sites is 1. The number of hydrogen-bond acceptors (Lipinski definition) is 2. The number of fused-ring (bicyclic) bond motifs is 3. The van der Waals surface area contributed by atoms with Gasteiger partial charge in [0.1, 0.15) is 5.75 Å². The van der Waals surface area contributed by atoms with Gasteiger partial charge in [-0.15, -0.1) is 0 Å². The van der Waals surface area contributed by atoms with E-state index in [1.165, 1.54) is 22.2 Å². The summed E-state index contributed by atoms with van der Waals surface area (Å²) >= 11 is 0. The summed E-state index contributed by atoms with van der Waals surface area (Å²) in [4.78, 5) is 0. The van der Waals surface area contributed by atoms with Crippen molar-refractivity contribution in [1.29, 1.82) is 0 Å². The van der Waals surface area contributed by atoms with Crippen LogP contribution in [0.4, 0.5) is 0 Å². The van der Waals surface area contributed by atoms with Gasteiger partial charge in [-0.05, 0) is 11.6 Å². The zero-order valence-corrected chi connectivity index (χ0v) is 11.5. The van der Waals surface area contributed by atoms with E-state index < -0.39 is 0 Å². The van der Waals surface area contributed by atoms with Crippen LogP contribution in [-0.2, 0) is 19.0 Å². The molecule has 1 N–H and O–H groups in total. The summed E-state index contributed by atoms with van der Waals surface area (Å²) in [5, 5.41) is 4.84. The van der Waals surface area contributed by atoms with E-state index in [9.17, 15) is 0 Å². The summed E-state index contributed by atoms with van der Waals surface area (Å²) in [6.07, 6.45) is 0. The van der Waals surface area contributed by atoms with E-state index in [1.807, 2.05) is 6.07 Å². The van der Waals surface area contributed by atoms with Crippen molar-refractivity contribution in [3.63, 3.8) is 0 Å². The van der Waals surface area contributed by atoms with Crippen molar-refractivity contribution in [1.82, 2.24) is 9.88 Å². The Morgan fingerprint density at radius 2 is 2.11 bits per heavy atom. The van der Waals surface area contributed by atoms with Crippen LogP contribution in [0.2, 0.25) is 0 Å². The largest absolute Gasteiger partial charge is 0.495 e. The first-order valence-electron chi connectivity index (χ1n) is 6.42. The molecule has 96 valence electrons. The lowest BCUT2D eigenvalue weighted by atomic mass is 9.80. The van der Waals surface area contributed by atoms with Gasteiger partial charge >= 0.3 is 0 Å². The van der Waals surface area contributed by atoms with Gasteiger partial charge < -0.3 is 14.6 Å². The van der Waals surface area contributed by atoms with Gasteiger partial charge in [0, 0.05) is 36.6 Å². The number of hydrogen-bond donors (Lipinski definition) is 1. The average Bonchev–Trinajstić information content (AvgIpc) is 2.64. The monoisotopic (exact) mass is 244 g/mol. The molecule has 18 heavy (non-hydrogen) atoms. The molecular formula is C15H20N2O. The summed E-state index contributed by atoms with van der Waals surface area (Å²) in [6.45, 7) is 6.57. The van der Waals surface area contributed by atoms with Gasteiger partial charge in [0.25, 0.3) is 0 Å². The van der Waals surface area contributed by atoms with Crippen LogP contribution < -0.4 is 10.1 Å². The van der Waals surface area contributed by atoms with Gasteiger partial charge in [-0.3, -0.25) is 0 Å². The molecule has 0 bridgehead atoms. The lowest BCUT2D eigenvalue weighted by Gasteiger charge is -2.31. The minimum atomic E-state index is 0.166. The van der Waals surface area contributed by atoms with Crippen molar-refractivity contribution >= 4 is 10.9 Å². The molecule has 0 radical (unpaired) electrons. The number of benzene rings is 1. The van der Waals surface area contributed by atoms with E-state index in [0.717, 1.165) is 18.8 Å². The van der Waals surface area contributed by atoms with Crippen molar-refractivity contribution in [2.24, 2.45) is 7.05 Å². The summed E-state index contributed by atoms with van der Waals surface area (Å²) < 4.78 is 7.79. The van der Waals surface area contributed by atoms with Crippen LogP contribution in [0.5, 0.6) is 5.75 Å². The number of rotatable bonds is 1. The molecule has 0 spiro atoms. The van der Waals surface area contributed by atoms with E-state index in [0.29, 0.717) is 0 Å². The van der Waals surface area contributed by atoms with Crippen molar-refractivity contribution in [3.05, 3.63) is 29.5 Å². The number of nitrogens with one attached hydrogen (secondary N) is 1. The summed E-state index contributed by atoms with van der Waals surface area (Å²) in [7, 11) is 3.87. The Morgan fingerprint density at radius 1 is 1.33 bits per heavy atom. The molecule has 0 atom stereocenters. The second kappa shape index (κ2) is 3.75. The molecule has 1 aromatic carbocycles. The molecule has 3 heteroatoms. The fourth-order valence-electron chi connectivity index (χ4n) is 3.24. The van der Waals surface area contributed by atoms with Gasteiger partial charge in [0.15, 0.2) is 0 Å². The standard InChI is InChI=1S/C15H20N2O/c1-15(2)9-16-8-11-13(15)10-6-5-7-12(18-4)14(10)17(11)3/h5-7,16H,8-9H2,1-4H3. The highest BCUT2D eigenvalue weighted by molar-refractivity contribution is 5.91. The zero-order valence-electron chi connectivity index (χ0n) is 11.5. The Kier molecular flexibility index (Phi) is 2.42. The van der Waals surface area contributed by atoms with Crippen LogP contribution >= 0.6 is 0 Å². The maximum Gasteiger partial charge on any atom is 0.143 e. The molecule has 0 unspecified atom stereocenters. The Bertz CT molecular complexity index is 610. The lowest BCUT2D eigenvalue weighted by molar-refractivity contribution is 0.416. The molecule has 2 aromatic rings. The lowest BCUT2D eigenvalue weighted by Crippen LogP contribution is -2.38. The molecule has 0 amide bonds. The van der Waals surface area contributed by atoms with E-state index in [4.69, 9.17) is 4.74 Å².